The van der Waals surface area contributed by atoms with Gasteiger partial charge in [0.1, 0.15) is 0 Å². The molecule has 0 unspecified atom stereocenters. The van der Waals surface area contributed by atoms with Gasteiger partial charge in [0.25, 0.3) is 0 Å². The van der Waals surface area contributed by atoms with Crippen LogP contribution in [0.1, 0.15) is 33.5 Å². The number of nitrogens with zero attached hydrogens (tertiary/aromatic N) is 2. The second-order valence-corrected chi connectivity index (χ2v) is 8.50. The molecule has 0 radical (unpaired) electrons. The Morgan fingerprint density at radius 2 is 1.75 bits per heavy atom. The second kappa shape index (κ2) is 9.41. The summed E-state index contributed by atoms with van der Waals surface area (Å²) < 4.78 is 2.23. The van der Waals surface area contributed by atoms with Crippen molar-refractivity contribution in [1.82, 2.24) is 9.99 Å². The van der Waals surface area contributed by atoms with Gasteiger partial charge >= 0.3 is 0 Å². The van der Waals surface area contributed by atoms with Crippen molar-refractivity contribution >= 4 is 34.6 Å². The van der Waals surface area contributed by atoms with Gasteiger partial charge in [0.15, 0.2) is 0 Å². The Bertz CT molecular complexity index is 1320. The van der Waals surface area contributed by atoms with E-state index in [2.05, 4.69) is 40.2 Å². The summed E-state index contributed by atoms with van der Waals surface area (Å²) in [6.07, 6.45) is 2.04. The molecule has 4 rings (SSSR count). The molecule has 0 fully saturated rings. The van der Waals surface area contributed by atoms with E-state index < -0.39 is 0 Å². The van der Waals surface area contributed by atoms with Gasteiger partial charge < -0.3 is 4.57 Å². The molecule has 0 aliphatic rings. The van der Waals surface area contributed by atoms with E-state index in [1.807, 2.05) is 62.4 Å². The fraction of sp³-hybridized carbons (Fsp3) is 0.185. The molecule has 0 spiro atoms. The Morgan fingerprint density at radius 3 is 2.56 bits per heavy atom. The van der Waals surface area contributed by atoms with E-state index in [1.54, 1.807) is 6.21 Å². The maximum Gasteiger partial charge on any atom is 0.244 e. The fourth-order valence-corrected chi connectivity index (χ4v) is 4.19. The molecular weight excluding hydrogens is 418 g/mol. The molecule has 4 nitrogen and oxygen atoms in total. The zero-order chi connectivity index (χ0) is 22.7. The van der Waals surface area contributed by atoms with Gasteiger partial charge in [-0.1, -0.05) is 71.8 Å². The first-order chi connectivity index (χ1) is 15.4. The minimum Gasteiger partial charge on any atom is -0.340 e. The highest BCUT2D eigenvalue weighted by molar-refractivity contribution is 6.31. The number of aromatic nitrogens is 1. The van der Waals surface area contributed by atoms with Crippen LogP contribution in [0, 0.1) is 20.8 Å². The largest absolute Gasteiger partial charge is 0.340 e. The molecule has 3 aromatic carbocycles. The molecule has 0 saturated heterocycles. The van der Waals surface area contributed by atoms with E-state index >= 15 is 0 Å². The molecule has 0 bridgehead atoms. The zero-order valence-electron chi connectivity index (χ0n) is 18.5. The van der Waals surface area contributed by atoms with Gasteiger partial charge in [-0.05, 0) is 49.6 Å². The maximum atomic E-state index is 12.5. The van der Waals surface area contributed by atoms with Crippen LogP contribution in [0.3, 0.4) is 0 Å². The van der Waals surface area contributed by atoms with Crippen molar-refractivity contribution in [1.29, 1.82) is 0 Å². The Balaban J connectivity index is 1.57. The minimum absolute atomic E-state index is 0.132. The Kier molecular flexibility index (Phi) is 6.42. The van der Waals surface area contributed by atoms with E-state index in [-0.39, 0.29) is 5.91 Å². The first-order valence-electron chi connectivity index (χ1n) is 10.6. The van der Waals surface area contributed by atoms with Gasteiger partial charge in [-0.15, -0.1) is 0 Å². The summed E-state index contributed by atoms with van der Waals surface area (Å²) in [5.74, 6) is -0.132. The highest BCUT2D eigenvalue weighted by atomic mass is 35.5. The summed E-state index contributed by atoms with van der Waals surface area (Å²) in [5, 5.41) is 6.11. The third-order valence-corrected chi connectivity index (χ3v) is 6.17. The van der Waals surface area contributed by atoms with Gasteiger partial charge in [0, 0.05) is 33.7 Å². The molecule has 4 aromatic rings. The summed E-state index contributed by atoms with van der Waals surface area (Å²) in [6, 6.07) is 22.2. The predicted octanol–water partition coefficient (Wildman–Crippen LogP) is 5.96. The molecule has 1 N–H and O–H groups in total. The standard InChI is InChI=1S/C27H26ClN3O/c1-18-12-13-19(2)22(14-18)15-27(32)30-29-16-24-20(3)31(26-11-7-5-9-23(24)26)17-21-8-4-6-10-25(21)28/h4-14,16H,15,17H2,1-3H3,(H,30,32)/b29-16-. The Morgan fingerprint density at radius 1 is 1.00 bits per heavy atom. The fourth-order valence-electron chi connectivity index (χ4n) is 3.99. The molecule has 0 atom stereocenters. The van der Waals surface area contributed by atoms with E-state index in [9.17, 15) is 4.79 Å². The van der Waals surface area contributed by atoms with Crippen LogP contribution in [0.5, 0.6) is 0 Å². The molecule has 0 aliphatic carbocycles. The summed E-state index contributed by atoms with van der Waals surface area (Å²) in [7, 11) is 0. The molecule has 1 amide bonds. The summed E-state index contributed by atoms with van der Waals surface area (Å²) in [6.45, 7) is 6.78. The first kappa shape index (κ1) is 21.8. The third kappa shape index (κ3) is 4.61. The number of aryl methyl sites for hydroxylation is 2. The van der Waals surface area contributed by atoms with Crippen LogP contribution in [0.25, 0.3) is 10.9 Å². The number of benzene rings is 3. The molecule has 162 valence electrons. The minimum atomic E-state index is -0.132. The van der Waals surface area contributed by atoms with E-state index in [4.69, 9.17) is 11.6 Å². The van der Waals surface area contributed by atoms with Crippen molar-refractivity contribution in [3.05, 3.63) is 105 Å². The van der Waals surface area contributed by atoms with Crippen molar-refractivity contribution in [3.8, 4) is 0 Å². The van der Waals surface area contributed by atoms with Crippen molar-refractivity contribution in [2.24, 2.45) is 5.10 Å². The van der Waals surface area contributed by atoms with Crippen LogP contribution < -0.4 is 5.43 Å². The second-order valence-electron chi connectivity index (χ2n) is 8.09. The van der Waals surface area contributed by atoms with Crippen LogP contribution in [-0.4, -0.2) is 16.7 Å². The SMILES string of the molecule is Cc1ccc(C)c(CC(=O)N/N=C\c2c(C)n(Cc3ccccc3Cl)c3ccccc23)c1. The lowest BCUT2D eigenvalue weighted by Gasteiger charge is -2.10. The molecule has 5 heteroatoms. The first-order valence-corrected chi connectivity index (χ1v) is 11.0. The summed E-state index contributed by atoms with van der Waals surface area (Å²) in [5.41, 5.74) is 10.2. The predicted molar refractivity (Wildman–Crippen MR) is 133 cm³/mol. The number of para-hydroxylation sites is 1. The number of fused-ring (bicyclic) bond motifs is 1. The van der Waals surface area contributed by atoms with Gasteiger partial charge in [-0.25, -0.2) is 5.43 Å². The van der Waals surface area contributed by atoms with Crippen LogP contribution >= 0.6 is 11.6 Å². The van der Waals surface area contributed by atoms with E-state index in [1.165, 1.54) is 0 Å². The molecule has 0 saturated carbocycles. The Labute approximate surface area is 193 Å². The lowest BCUT2D eigenvalue weighted by Crippen LogP contribution is -2.20. The van der Waals surface area contributed by atoms with Crippen molar-refractivity contribution < 1.29 is 4.79 Å². The summed E-state index contributed by atoms with van der Waals surface area (Å²) in [4.78, 5) is 12.5. The quantitative estimate of drug-likeness (QED) is 0.290. The molecule has 32 heavy (non-hydrogen) atoms. The topological polar surface area (TPSA) is 46.4 Å². The molecule has 1 heterocycles. The van der Waals surface area contributed by atoms with Crippen molar-refractivity contribution in [3.63, 3.8) is 0 Å². The number of hydrogen-bond acceptors (Lipinski definition) is 2. The lowest BCUT2D eigenvalue weighted by molar-refractivity contribution is -0.120. The monoisotopic (exact) mass is 443 g/mol. The van der Waals surface area contributed by atoms with E-state index in [0.29, 0.717) is 13.0 Å². The maximum absolute atomic E-state index is 12.5. The number of nitrogens with one attached hydrogen (secondary N) is 1. The van der Waals surface area contributed by atoms with Crippen molar-refractivity contribution in [2.45, 2.75) is 33.7 Å². The number of halogens is 1. The number of carbonyl (C=O) groups is 1. The Hall–Kier alpha value is -3.37. The molecule has 1 aromatic heterocycles. The molecule has 0 aliphatic heterocycles. The lowest BCUT2D eigenvalue weighted by atomic mass is 10.0. The van der Waals surface area contributed by atoms with Gasteiger partial charge in [0.05, 0.1) is 12.6 Å². The highest BCUT2D eigenvalue weighted by Crippen LogP contribution is 2.27. The average molecular weight is 444 g/mol. The van der Waals surface area contributed by atoms with Gasteiger partial charge in [0.2, 0.25) is 5.91 Å². The highest BCUT2D eigenvalue weighted by Gasteiger charge is 2.14. The smallest absolute Gasteiger partial charge is 0.244 e. The number of hydrazone groups is 1. The molecular formula is C27H26ClN3O. The third-order valence-electron chi connectivity index (χ3n) is 5.80. The average Bonchev–Trinajstić information content (AvgIpc) is 3.04. The number of rotatable bonds is 6. The van der Waals surface area contributed by atoms with Crippen LogP contribution in [0.15, 0.2) is 71.8 Å². The zero-order valence-corrected chi connectivity index (χ0v) is 19.3. The van der Waals surface area contributed by atoms with E-state index in [0.717, 1.165) is 49.4 Å². The number of amides is 1. The van der Waals surface area contributed by atoms with Gasteiger partial charge in [-0.2, -0.15) is 5.10 Å². The number of hydrogen-bond donors (Lipinski definition) is 1. The van der Waals surface area contributed by atoms with Crippen LogP contribution in [0.4, 0.5) is 0 Å². The number of carbonyl (C=O) groups excluding carboxylic acids is 1. The van der Waals surface area contributed by atoms with Crippen molar-refractivity contribution in [2.75, 3.05) is 0 Å². The van der Waals surface area contributed by atoms with Crippen LogP contribution in [0.2, 0.25) is 5.02 Å². The normalized spacial score (nSPS) is 11.4. The summed E-state index contributed by atoms with van der Waals surface area (Å²) >= 11 is 6.40. The van der Waals surface area contributed by atoms with Gasteiger partial charge in [-0.3, -0.25) is 4.79 Å². The van der Waals surface area contributed by atoms with Crippen LogP contribution in [-0.2, 0) is 17.8 Å².